The van der Waals surface area contributed by atoms with Crippen LogP contribution in [0.3, 0.4) is 0 Å². The molecule has 8 heteroatoms. The Morgan fingerprint density at radius 3 is 2.76 bits per heavy atom. The van der Waals surface area contributed by atoms with Crippen molar-refractivity contribution in [3.05, 3.63) is 33.4 Å². The van der Waals surface area contributed by atoms with Gasteiger partial charge in [0.05, 0.1) is 11.2 Å². The zero-order chi connectivity index (χ0) is 15.6. The van der Waals surface area contributed by atoms with Gasteiger partial charge in [0.1, 0.15) is 11.4 Å². The maximum absolute atomic E-state index is 11.8. The monoisotopic (exact) mass is 547 g/mol. The van der Waals surface area contributed by atoms with Gasteiger partial charge in [-0.15, -0.1) is 23.1 Å². The van der Waals surface area contributed by atoms with Gasteiger partial charge in [-0.05, 0) is 25.5 Å². The third-order valence-electron chi connectivity index (χ3n) is 3.54. The highest BCUT2D eigenvalue weighted by Gasteiger charge is 2.48. The number of halogens is 2. The number of allylic oxidation sites excluding steroid dienone is 2. The quantitative estimate of drug-likeness (QED) is 0.453. The lowest BCUT2D eigenvalue weighted by Gasteiger charge is -2.48. The number of nitrogens with two attached hydrogens (primary N) is 1. The van der Waals surface area contributed by atoms with Crippen LogP contribution in [0.25, 0.3) is 6.08 Å². The first-order valence-electron chi connectivity index (χ1n) is 6.22. The highest BCUT2D eigenvalue weighted by Crippen LogP contribution is 2.39. The van der Waals surface area contributed by atoms with Crippen LogP contribution in [0.15, 0.2) is 22.9 Å². The summed E-state index contributed by atoms with van der Waals surface area (Å²) in [6.07, 6.45) is 4.17. The van der Waals surface area contributed by atoms with Crippen molar-refractivity contribution in [3.63, 3.8) is 0 Å². The zero-order valence-corrected chi connectivity index (χ0v) is 17.5. The van der Waals surface area contributed by atoms with Crippen LogP contribution in [0, 0.1) is 6.92 Å². The molecule has 2 N–H and O–H groups in total. The van der Waals surface area contributed by atoms with Crippen molar-refractivity contribution in [1.82, 2.24) is 9.88 Å². The van der Waals surface area contributed by atoms with Gasteiger partial charge in [-0.2, -0.15) is 0 Å². The number of β-lactam (4-membered cyclic amide) rings is 1. The van der Waals surface area contributed by atoms with Crippen molar-refractivity contribution in [3.8, 4) is 0 Å². The normalized spacial score (nSPS) is 24.6. The molecule has 0 radical (unpaired) electrons. The van der Waals surface area contributed by atoms with Crippen LogP contribution in [-0.4, -0.2) is 33.0 Å². The summed E-state index contributed by atoms with van der Waals surface area (Å²) < 4.78 is 0. The molecule has 2 aliphatic rings. The number of carbonyl (C=O) groups excluding carboxylic acids is 1. The summed E-state index contributed by atoms with van der Waals surface area (Å²) in [5, 5.41) is 0.134. The van der Waals surface area contributed by atoms with Crippen molar-refractivity contribution >= 4 is 72.3 Å². The van der Waals surface area contributed by atoms with Gasteiger partial charge in [-0.3, -0.25) is 4.79 Å². The van der Waals surface area contributed by atoms with E-state index in [1.807, 2.05) is 24.3 Å². The van der Waals surface area contributed by atoms with Crippen LogP contribution in [0.4, 0.5) is 0 Å². The number of nitrogens with zero attached hydrogens (tertiary/aromatic N) is 2. The number of fused-ring (bicyclic) bond motifs is 1. The average molecular weight is 547 g/mol. The molecule has 0 spiro atoms. The maximum atomic E-state index is 11.8. The van der Waals surface area contributed by atoms with E-state index >= 15 is 0 Å². The molecule has 21 heavy (non-hydrogen) atoms. The van der Waals surface area contributed by atoms with Crippen LogP contribution in [0.5, 0.6) is 0 Å². The standard InChI is InChI=1S/C13H15N3OS2.I2/c1-7-10(19-6-15-7)4-3-9-5-18-13-11(14)12(17)16(13)8(9)2;1-2/h3-4,6,11,13H,5,14H2,1-2H3;. The van der Waals surface area contributed by atoms with Crippen molar-refractivity contribution in [2.45, 2.75) is 25.3 Å². The number of amides is 1. The summed E-state index contributed by atoms with van der Waals surface area (Å²) in [4.78, 5) is 19.0. The summed E-state index contributed by atoms with van der Waals surface area (Å²) in [7, 11) is 0. The molecule has 0 aromatic carbocycles. The van der Waals surface area contributed by atoms with Crippen molar-refractivity contribution in [2.75, 3.05) is 5.75 Å². The smallest absolute Gasteiger partial charge is 0.247 e. The van der Waals surface area contributed by atoms with Crippen LogP contribution >= 0.6 is 60.3 Å². The lowest BCUT2D eigenvalue weighted by molar-refractivity contribution is -0.141. The highest BCUT2D eigenvalue weighted by molar-refractivity contribution is 15.0. The second kappa shape index (κ2) is 7.75. The van der Waals surface area contributed by atoms with Crippen LogP contribution in [0.2, 0.25) is 0 Å². The minimum Gasteiger partial charge on any atom is -0.317 e. The second-order valence-electron chi connectivity index (χ2n) is 4.68. The first-order valence-corrected chi connectivity index (χ1v) is 14.4. The van der Waals surface area contributed by atoms with E-state index in [0.717, 1.165) is 17.1 Å². The van der Waals surface area contributed by atoms with Crippen molar-refractivity contribution in [2.24, 2.45) is 5.73 Å². The summed E-state index contributed by atoms with van der Waals surface area (Å²) in [6.45, 7) is 4.00. The van der Waals surface area contributed by atoms with Gasteiger partial charge < -0.3 is 10.6 Å². The molecule has 4 nitrogen and oxygen atoms in total. The van der Waals surface area contributed by atoms with E-state index in [0.29, 0.717) is 0 Å². The molecular formula is C13H15I2N3OS2. The third kappa shape index (κ3) is 3.48. The average Bonchev–Trinajstić information content (AvgIpc) is 2.92. The van der Waals surface area contributed by atoms with Gasteiger partial charge >= 0.3 is 0 Å². The number of hydrogen-bond donors (Lipinski definition) is 1. The summed E-state index contributed by atoms with van der Waals surface area (Å²) in [6, 6.07) is -0.325. The predicted molar refractivity (Wildman–Crippen MR) is 108 cm³/mol. The molecule has 1 aromatic heterocycles. The highest BCUT2D eigenvalue weighted by atomic mass is 128. The molecule has 0 aliphatic carbocycles. The van der Waals surface area contributed by atoms with Gasteiger partial charge in [-0.25, -0.2) is 4.98 Å². The van der Waals surface area contributed by atoms with Crippen molar-refractivity contribution < 1.29 is 4.79 Å². The number of rotatable bonds is 2. The molecule has 114 valence electrons. The van der Waals surface area contributed by atoms with E-state index in [-0.39, 0.29) is 17.3 Å². The molecule has 2 atom stereocenters. The Morgan fingerprint density at radius 2 is 2.14 bits per heavy atom. The van der Waals surface area contributed by atoms with E-state index in [1.165, 1.54) is 10.5 Å². The fourth-order valence-corrected chi connectivity index (χ4v) is 4.36. The Labute approximate surface area is 156 Å². The Bertz CT molecular complexity index is 600. The van der Waals surface area contributed by atoms with Gasteiger partial charge in [0.25, 0.3) is 0 Å². The molecule has 3 heterocycles. The Balaban J connectivity index is 0.000000774. The molecule has 1 saturated heterocycles. The van der Waals surface area contributed by atoms with E-state index in [2.05, 4.69) is 54.4 Å². The number of thiazole rings is 1. The topological polar surface area (TPSA) is 59.2 Å². The van der Waals surface area contributed by atoms with E-state index in [1.54, 1.807) is 23.1 Å². The van der Waals surface area contributed by atoms with Crippen LogP contribution < -0.4 is 5.73 Å². The number of aryl methyl sites for hydroxylation is 1. The molecule has 3 rings (SSSR count). The molecule has 1 fully saturated rings. The Kier molecular flexibility index (Phi) is 6.53. The Hall–Kier alpha value is 0.350. The minimum absolute atomic E-state index is 0.0366. The van der Waals surface area contributed by atoms with E-state index < -0.39 is 0 Å². The number of carbonyl (C=O) groups is 1. The molecule has 2 aliphatic heterocycles. The second-order valence-corrected chi connectivity index (χ2v) is 6.67. The fourth-order valence-electron chi connectivity index (χ4n) is 2.27. The molecule has 1 aromatic rings. The predicted octanol–water partition coefficient (Wildman–Crippen LogP) is 3.75. The number of hydrogen-bond acceptors (Lipinski definition) is 5. The summed E-state index contributed by atoms with van der Waals surface area (Å²) in [5.74, 6) is 0.942. The molecule has 0 saturated carbocycles. The largest absolute Gasteiger partial charge is 0.317 e. The lowest BCUT2D eigenvalue weighted by atomic mass is 10.0. The Morgan fingerprint density at radius 1 is 1.43 bits per heavy atom. The lowest BCUT2D eigenvalue weighted by Crippen LogP contribution is -2.67. The van der Waals surface area contributed by atoms with Gasteiger partial charge in [0, 0.05) is 53.6 Å². The molecule has 2 unspecified atom stereocenters. The molecule has 1 amide bonds. The molecular weight excluding hydrogens is 532 g/mol. The van der Waals surface area contributed by atoms with Crippen LogP contribution in [-0.2, 0) is 4.79 Å². The first-order chi connectivity index (χ1) is 10.1. The first kappa shape index (κ1) is 17.7. The SMILES string of the molecule is CC1=C(C=Cc2scnc2C)CSC2C(N)C(=O)N12.II. The van der Waals surface area contributed by atoms with Gasteiger partial charge in [0.15, 0.2) is 0 Å². The summed E-state index contributed by atoms with van der Waals surface area (Å²) >= 11 is 7.60. The molecule has 0 bridgehead atoms. The van der Waals surface area contributed by atoms with Gasteiger partial charge in [-0.1, -0.05) is 6.08 Å². The van der Waals surface area contributed by atoms with E-state index in [9.17, 15) is 4.79 Å². The minimum atomic E-state index is -0.325. The summed E-state index contributed by atoms with van der Waals surface area (Å²) in [5.41, 5.74) is 10.9. The fraction of sp³-hybridized carbons (Fsp3) is 0.385. The van der Waals surface area contributed by atoms with E-state index in [4.69, 9.17) is 5.73 Å². The van der Waals surface area contributed by atoms with Gasteiger partial charge in [0.2, 0.25) is 5.91 Å². The zero-order valence-electron chi connectivity index (χ0n) is 11.5. The van der Waals surface area contributed by atoms with Crippen molar-refractivity contribution in [1.29, 1.82) is 0 Å². The third-order valence-corrected chi connectivity index (χ3v) is 5.76. The van der Waals surface area contributed by atoms with Crippen LogP contribution in [0.1, 0.15) is 17.5 Å². The maximum Gasteiger partial charge on any atom is 0.247 e. The number of thioether (sulfide) groups is 1. The number of aromatic nitrogens is 1.